The summed E-state index contributed by atoms with van der Waals surface area (Å²) in [6.07, 6.45) is 7.11. The molecule has 2 heterocycles. The zero-order chi connectivity index (χ0) is 13.1. The summed E-state index contributed by atoms with van der Waals surface area (Å²) in [4.78, 5) is 4.08. The summed E-state index contributed by atoms with van der Waals surface area (Å²) in [5.74, 6) is 0. The molecule has 4 nitrogen and oxygen atoms in total. The number of aliphatic hydroxyl groups excluding tert-OH is 1. The first-order chi connectivity index (χ1) is 9.38. The first-order valence-electron chi connectivity index (χ1n) is 6.02. The summed E-state index contributed by atoms with van der Waals surface area (Å²) in [6, 6.07) is 11.8. The smallest absolute Gasteiger partial charge is 0.0884 e. The van der Waals surface area contributed by atoms with Crippen LogP contribution in [0.3, 0.4) is 0 Å². The Bertz CT molecular complexity index is 677. The Hall–Kier alpha value is -2.46. The van der Waals surface area contributed by atoms with Crippen LogP contribution in [0.2, 0.25) is 0 Å². The molecule has 2 aromatic heterocycles. The molecule has 3 rings (SSSR count). The van der Waals surface area contributed by atoms with Crippen molar-refractivity contribution in [1.29, 1.82) is 0 Å². The van der Waals surface area contributed by atoms with E-state index in [0.717, 1.165) is 22.4 Å². The summed E-state index contributed by atoms with van der Waals surface area (Å²) in [5.41, 5.74) is 3.75. The Morgan fingerprint density at radius 2 is 1.84 bits per heavy atom. The van der Waals surface area contributed by atoms with Crippen molar-refractivity contribution in [3.63, 3.8) is 0 Å². The standard InChI is InChI=1S/C15H13N3O/c19-11-13-6-7-16-9-15(13)18-10-14(8-17-18)12-4-2-1-3-5-12/h1-10,19H,11H2. The van der Waals surface area contributed by atoms with E-state index in [4.69, 9.17) is 0 Å². The molecule has 4 heteroatoms. The van der Waals surface area contributed by atoms with Gasteiger partial charge in [-0.25, -0.2) is 4.68 Å². The monoisotopic (exact) mass is 251 g/mol. The van der Waals surface area contributed by atoms with Gasteiger partial charge in [0.1, 0.15) is 0 Å². The average molecular weight is 251 g/mol. The minimum Gasteiger partial charge on any atom is -0.392 e. The Kier molecular flexibility index (Phi) is 3.08. The second kappa shape index (κ2) is 5.04. The molecule has 1 aromatic carbocycles. The molecule has 0 amide bonds. The van der Waals surface area contributed by atoms with Gasteiger partial charge in [-0.1, -0.05) is 30.3 Å². The van der Waals surface area contributed by atoms with E-state index < -0.39 is 0 Å². The van der Waals surface area contributed by atoms with Crippen molar-refractivity contribution in [2.24, 2.45) is 0 Å². The molecule has 3 aromatic rings. The van der Waals surface area contributed by atoms with E-state index in [1.54, 1.807) is 23.1 Å². The molecule has 0 aliphatic rings. The summed E-state index contributed by atoms with van der Waals surface area (Å²) >= 11 is 0. The van der Waals surface area contributed by atoms with E-state index in [1.807, 2.05) is 42.7 Å². The summed E-state index contributed by atoms with van der Waals surface area (Å²) in [7, 11) is 0. The highest BCUT2D eigenvalue weighted by Crippen LogP contribution is 2.20. The number of hydrogen-bond acceptors (Lipinski definition) is 3. The average Bonchev–Trinajstić information content (AvgIpc) is 2.98. The first-order valence-corrected chi connectivity index (χ1v) is 6.02. The molecule has 0 aliphatic heterocycles. The molecule has 1 N–H and O–H groups in total. The van der Waals surface area contributed by atoms with Gasteiger partial charge < -0.3 is 5.11 Å². The van der Waals surface area contributed by atoms with Crippen molar-refractivity contribution < 1.29 is 5.11 Å². The molecule has 0 unspecified atom stereocenters. The predicted octanol–water partition coefficient (Wildman–Crippen LogP) is 2.43. The van der Waals surface area contributed by atoms with Gasteiger partial charge in [0, 0.05) is 23.5 Å². The van der Waals surface area contributed by atoms with Crippen molar-refractivity contribution in [2.45, 2.75) is 6.61 Å². The fourth-order valence-corrected chi connectivity index (χ4v) is 1.99. The highest BCUT2D eigenvalue weighted by atomic mass is 16.3. The maximum absolute atomic E-state index is 9.33. The minimum absolute atomic E-state index is 0.0294. The number of benzene rings is 1. The van der Waals surface area contributed by atoms with Crippen LogP contribution < -0.4 is 0 Å². The largest absolute Gasteiger partial charge is 0.392 e. The van der Waals surface area contributed by atoms with Gasteiger partial charge in [0.05, 0.1) is 24.7 Å². The minimum atomic E-state index is -0.0294. The Morgan fingerprint density at radius 3 is 2.63 bits per heavy atom. The third-order valence-electron chi connectivity index (χ3n) is 2.99. The first kappa shape index (κ1) is 11.6. The molecule has 0 atom stereocenters. The van der Waals surface area contributed by atoms with Crippen LogP contribution in [0.25, 0.3) is 16.8 Å². The van der Waals surface area contributed by atoms with Crippen molar-refractivity contribution >= 4 is 0 Å². The predicted molar refractivity (Wildman–Crippen MR) is 72.7 cm³/mol. The van der Waals surface area contributed by atoms with Gasteiger partial charge >= 0.3 is 0 Å². The normalized spacial score (nSPS) is 10.6. The third kappa shape index (κ3) is 2.26. The highest BCUT2D eigenvalue weighted by Gasteiger charge is 2.06. The van der Waals surface area contributed by atoms with Gasteiger partial charge in [-0.2, -0.15) is 5.10 Å². The number of hydrogen-bond donors (Lipinski definition) is 1. The van der Waals surface area contributed by atoms with Gasteiger partial charge in [0.2, 0.25) is 0 Å². The van der Waals surface area contributed by atoms with E-state index in [1.165, 1.54) is 0 Å². The highest BCUT2D eigenvalue weighted by molar-refractivity contribution is 5.62. The molecule has 94 valence electrons. The van der Waals surface area contributed by atoms with Crippen molar-refractivity contribution in [1.82, 2.24) is 14.8 Å². The maximum atomic E-state index is 9.33. The molecule has 19 heavy (non-hydrogen) atoms. The fraction of sp³-hybridized carbons (Fsp3) is 0.0667. The molecular weight excluding hydrogens is 238 g/mol. The molecule has 0 fully saturated rings. The SMILES string of the molecule is OCc1ccncc1-n1cc(-c2ccccc2)cn1. The number of pyridine rings is 1. The second-order valence-electron chi connectivity index (χ2n) is 4.20. The molecule has 0 bridgehead atoms. The lowest BCUT2D eigenvalue weighted by atomic mass is 10.1. The van der Waals surface area contributed by atoms with Crippen molar-refractivity contribution in [3.05, 3.63) is 66.7 Å². The van der Waals surface area contributed by atoms with Crippen LogP contribution in [0.15, 0.2) is 61.2 Å². The maximum Gasteiger partial charge on any atom is 0.0884 e. The van der Waals surface area contributed by atoms with Crippen LogP contribution in [-0.2, 0) is 6.61 Å². The lowest BCUT2D eigenvalue weighted by Gasteiger charge is -2.05. The van der Waals surface area contributed by atoms with Gasteiger partial charge in [0.25, 0.3) is 0 Å². The molecule has 0 aliphatic carbocycles. The number of aliphatic hydroxyl groups is 1. The lowest BCUT2D eigenvalue weighted by Crippen LogP contribution is -2.00. The topological polar surface area (TPSA) is 50.9 Å². The molecule has 0 saturated heterocycles. The molecule has 0 saturated carbocycles. The van der Waals surface area contributed by atoms with E-state index in [0.29, 0.717) is 0 Å². The van der Waals surface area contributed by atoms with Gasteiger partial charge in [-0.3, -0.25) is 4.98 Å². The van der Waals surface area contributed by atoms with Crippen LogP contribution in [0, 0.1) is 0 Å². The third-order valence-corrected chi connectivity index (χ3v) is 2.99. The van der Waals surface area contributed by atoms with Crippen LogP contribution in [-0.4, -0.2) is 19.9 Å². The second-order valence-corrected chi connectivity index (χ2v) is 4.20. The lowest BCUT2D eigenvalue weighted by molar-refractivity contribution is 0.281. The number of aromatic nitrogens is 3. The molecule has 0 spiro atoms. The van der Waals surface area contributed by atoms with Crippen molar-refractivity contribution in [3.8, 4) is 16.8 Å². The fourth-order valence-electron chi connectivity index (χ4n) is 1.99. The van der Waals surface area contributed by atoms with E-state index in [-0.39, 0.29) is 6.61 Å². The Labute approximate surface area is 111 Å². The zero-order valence-electron chi connectivity index (χ0n) is 10.3. The Morgan fingerprint density at radius 1 is 1.00 bits per heavy atom. The van der Waals surface area contributed by atoms with Crippen LogP contribution in [0.1, 0.15) is 5.56 Å². The summed E-state index contributed by atoms with van der Waals surface area (Å²) < 4.78 is 1.74. The van der Waals surface area contributed by atoms with Crippen LogP contribution in [0.4, 0.5) is 0 Å². The summed E-state index contributed by atoms with van der Waals surface area (Å²) in [5, 5.41) is 13.7. The van der Waals surface area contributed by atoms with Gasteiger partial charge in [0.15, 0.2) is 0 Å². The summed E-state index contributed by atoms with van der Waals surface area (Å²) in [6.45, 7) is -0.0294. The number of rotatable bonds is 3. The van der Waals surface area contributed by atoms with E-state index in [2.05, 4.69) is 10.1 Å². The van der Waals surface area contributed by atoms with Crippen LogP contribution in [0.5, 0.6) is 0 Å². The quantitative estimate of drug-likeness (QED) is 0.777. The number of nitrogens with zero attached hydrogens (tertiary/aromatic N) is 3. The van der Waals surface area contributed by atoms with Crippen LogP contribution >= 0.6 is 0 Å². The zero-order valence-corrected chi connectivity index (χ0v) is 10.3. The molecular formula is C15H13N3O. The molecule has 0 radical (unpaired) electrons. The van der Waals surface area contributed by atoms with E-state index in [9.17, 15) is 5.11 Å². The Balaban J connectivity index is 2.02. The van der Waals surface area contributed by atoms with Crippen molar-refractivity contribution in [2.75, 3.05) is 0 Å². The van der Waals surface area contributed by atoms with E-state index >= 15 is 0 Å². The van der Waals surface area contributed by atoms with Gasteiger partial charge in [-0.15, -0.1) is 0 Å². The van der Waals surface area contributed by atoms with Gasteiger partial charge in [-0.05, 0) is 11.6 Å².